The predicted molar refractivity (Wildman–Crippen MR) is 117 cm³/mol. The molecule has 8 heteroatoms. The van der Waals surface area contributed by atoms with Crippen molar-refractivity contribution >= 4 is 17.9 Å². The fourth-order valence-corrected chi connectivity index (χ4v) is 4.14. The number of aromatic amines is 1. The summed E-state index contributed by atoms with van der Waals surface area (Å²) in [6, 6.07) is 11.8. The molecular formula is C22H25N5O2S. The number of thioether (sulfide) groups is 1. The van der Waals surface area contributed by atoms with Crippen molar-refractivity contribution in [2.75, 3.05) is 31.9 Å². The molecule has 0 atom stereocenters. The third-order valence-corrected chi connectivity index (χ3v) is 5.90. The lowest BCUT2D eigenvalue weighted by Crippen LogP contribution is -2.49. The molecule has 1 saturated heterocycles. The summed E-state index contributed by atoms with van der Waals surface area (Å²) in [5.74, 6) is 1.52. The van der Waals surface area contributed by atoms with Crippen LogP contribution in [0.25, 0.3) is 0 Å². The molecule has 0 radical (unpaired) electrons. The normalized spacial score (nSPS) is 14.6. The molecule has 0 aliphatic carbocycles. The van der Waals surface area contributed by atoms with Crippen LogP contribution < -0.4 is 4.74 Å². The molecule has 0 spiro atoms. The van der Waals surface area contributed by atoms with Gasteiger partial charge in [-0.15, -0.1) is 0 Å². The first-order chi connectivity index (χ1) is 14.8. The highest BCUT2D eigenvalue weighted by Gasteiger charge is 2.22. The molecule has 1 aromatic carbocycles. The highest BCUT2D eigenvalue weighted by Crippen LogP contribution is 2.18. The number of imidazole rings is 1. The van der Waals surface area contributed by atoms with Crippen LogP contribution in [-0.2, 0) is 13.0 Å². The lowest BCUT2D eigenvalue weighted by atomic mass is 10.2. The number of aromatic nitrogens is 3. The van der Waals surface area contributed by atoms with Gasteiger partial charge in [-0.25, -0.2) is 9.78 Å². The van der Waals surface area contributed by atoms with Gasteiger partial charge in [0, 0.05) is 63.3 Å². The van der Waals surface area contributed by atoms with Crippen LogP contribution in [-0.4, -0.2) is 62.8 Å². The summed E-state index contributed by atoms with van der Waals surface area (Å²) in [5, 5.41) is 0.932. The van der Waals surface area contributed by atoms with Crippen molar-refractivity contribution in [3.63, 3.8) is 0 Å². The Kier molecular flexibility index (Phi) is 6.99. The van der Waals surface area contributed by atoms with E-state index in [1.165, 1.54) is 11.1 Å². The van der Waals surface area contributed by atoms with E-state index in [1.54, 1.807) is 29.1 Å². The number of nitrogens with zero attached hydrogens (tertiary/aromatic N) is 4. The maximum atomic E-state index is 12.5. The zero-order valence-corrected chi connectivity index (χ0v) is 17.6. The maximum Gasteiger partial charge on any atom is 0.415 e. The molecular weight excluding hydrogens is 398 g/mol. The number of nitrogens with one attached hydrogen (secondary N) is 1. The maximum absolute atomic E-state index is 12.5. The second kappa shape index (κ2) is 10.3. The lowest BCUT2D eigenvalue weighted by molar-refractivity contribution is 0.108. The van der Waals surface area contributed by atoms with Crippen LogP contribution in [0.4, 0.5) is 4.79 Å². The largest absolute Gasteiger partial charge is 0.415 e. The fraction of sp³-hybridized carbons (Fsp3) is 0.318. The molecule has 1 amide bonds. The van der Waals surface area contributed by atoms with Crippen LogP contribution in [0.5, 0.6) is 5.75 Å². The minimum absolute atomic E-state index is 0.280. The number of aryl methyl sites for hydroxylation is 1. The summed E-state index contributed by atoms with van der Waals surface area (Å²) in [6.07, 6.45) is 7.90. The zero-order valence-electron chi connectivity index (χ0n) is 16.7. The molecule has 3 aromatic rings. The van der Waals surface area contributed by atoms with Gasteiger partial charge in [0.2, 0.25) is 0 Å². The molecule has 0 bridgehead atoms. The second-order valence-electron chi connectivity index (χ2n) is 7.13. The van der Waals surface area contributed by atoms with E-state index in [2.05, 4.69) is 25.9 Å². The Bertz CT molecular complexity index is 910. The first kappa shape index (κ1) is 20.4. The van der Waals surface area contributed by atoms with E-state index in [0.717, 1.165) is 37.0 Å². The third-order valence-electron chi connectivity index (χ3n) is 4.99. The lowest BCUT2D eigenvalue weighted by Gasteiger charge is -2.33. The van der Waals surface area contributed by atoms with E-state index in [1.807, 2.05) is 42.7 Å². The first-order valence-corrected chi connectivity index (χ1v) is 11.0. The van der Waals surface area contributed by atoms with Crippen molar-refractivity contribution in [3.8, 4) is 5.75 Å². The van der Waals surface area contributed by atoms with Gasteiger partial charge in [0.05, 0.1) is 0 Å². The van der Waals surface area contributed by atoms with Crippen LogP contribution in [0.3, 0.4) is 0 Å². The summed E-state index contributed by atoms with van der Waals surface area (Å²) in [7, 11) is 0. The molecule has 30 heavy (non-hydrogen) atoms. The van der Waals surface area contributed by atoms with Crippen molar-refractivity contribution in [1.29, 1.82) is 0 Å². The molecule has 1 aliphatic rings. The highest BCUT2D eigenvalue weighted by molar-refractivity contribution is 7.99. The highest BCUT2D eigenvalue weighted by atomic mass is 32.2. The standard InChI is InChI=1S/C22H25N5O2S/c28-22(27-13-11-26(12-14-27)17-19-2-1-8-23-16-19)29-20-5-3-18(4-6-20)7-15-30-21-24-9-10-25-21/h1-6,8-10,16H,7,11-15,17H2,(H,24,25). The third kappa shape index (κ3) is 5.84. The summed E-state index contributed by atoms with van der Waals surface area (Å²) >= 11 is 1.69. The van der Waals surface area contributed by atoms with Gasteiger partial charge in [-0.3, -0.25) is 9.88 Å². The number of amides is 1. The van der Waals surface area contributed by atoms with Gasteiger partial charge in [0.1, 0.15) is 5.75 Å². The molecule has 7 nitrogen and oxygen atoms in total. The van der Waals surface area contributed by atoms with E-state index in [0.29, 0.717) is 18.8 Å². The Morgan fingerprint density at radius 3 is 2.60 bits per heavy atom. The van der Waals surface area contributed by atoms with E-state index >= 15 is 0 Å². The van der Waals surface area contributed by atoms with E-state index < -0.39 is 0 Å². The molecule has 156 valence electrons. The van der Waals surface area contributed by atoms with Crippen molar-refractivity contribution in [1.82, 2.24) is 24.8 Å². The van der Waals surface area contributed by atoms with E-state index in [4.69, 9.17) is 4.74 Å². The minimum Gasteiger partial charge on any atom is -0.410 e. The van der Waals surface area contributed by atoms with Crippen molar-refractivity contribution in [2.45, 2.75) is 18.1 Å². The molecule has 0 saturated carbocycles. The summed E-state index contributed by atoms with van der Waals surface area (Å²) < 4.78 is 5.56. The predicted octanol–water partition coefficient (Wildman–Crippen LogP) is 3.46. The molecule has 3 heterocycles. The SMILES string of the molecule is O=C(Oc1ccc(CCSc2ncc[nH]2)cc1)N1CCN(Cc2cccnc2)CC1. The molecule has 1 fully saturated rings. The molecule has 1 aliphatic heterocycles. The average molecular weight is 424 g/mol. The Morgan fingerprint density at radius 2 is 1.90 bits per heavy atom. The van der Waals surface area contributed by atoms with E-state index in [-0.39, 0.29) is 6.09 Å². The minimum atomic E-state index is -0.280. The van der Waals surface area contributed by atoms with E-state index in [9.17, 15) is 4.79 Å². The van der Waals surface area contributed by atoms with Gasteiger partial charge < -0.3 is 14.6 Å². The van der Waals surface area contributed by atoms with Crippen LogP contribution >= 0.6 is 11.8 Å². The number of hydrogen-bond acceptors (Lipinski definition) is 6. The van der Waals surface area contributed by atoms with Gasteiger partial charge in [0.25, 0.3) is 0 Å². The van der Waals surface area contributed by atoms with Gasteiger partial charge in [-0.1, -0.05) is 30.0 Å². The monoisotopic (exact) mass is 423 g/mol. The number of ether oxygens (including phenoxy) is 1. The summed E-state index contributed by atoms with van der Waals surface area (Å²) in [4.78, 5) is 28.0. The number of H-pyrrole nitrogens is 1. The van der Waals surface area contributed by atoms with Gasteiger partial charge in [-0.05, 0) is 35.7 Å². The van der Waals surface area contributed by atoms with Crippen LogP contribution in [0.2, 0.25) is 0 Å². The first-order valence-electron chi connectivity index (χ1n) is 10.1. The number of benzene rings is 1. The molecule has 2 aromatic heterocycles. The van der Waals surface area contributed by atoms with Gasteiger partial charge >= 0.3 is 6.09 Å². The number of rotatable bonds is 7. The van der Waals surface area contributed by atoms with Crippen LogP contribution in [0, 0.1) is 0 Å². The topological polar surface area (TPSA) is 74.3 Å². The number of carbonyl (C=O) groups excluding carboxylic acids is 1. The Morgan fingerprint density at radius 1 is 1.07 bits per heavy atom. The fourth-order valence-electron chi connectivity index (χ4n) is 3.32. The molecule has 1 N–H and O–H groups in total. The smallest absolute Gasteiger partial charge is 0.410 e. The van der Waals surface area contributed by atoms with Crippen LogP contribution in [0.1, 0.15) is 11.1 Å². The molecule has 0 unspecified atom stereocenters. The number of hydrogen-bond donors (Lipinski definition) is 1. The van der Waals surface area contributed by atoms with Crippen molar-refractivity contribution in [3.05, 3.63) is 72.3 Å². The van der Waals surface area contributed by atoms with Gasteiger partial charge in [0.15, 0.2) is 5.16 Å². The van der Waals surface area contributed by atoms with Crippen LogP contribution in [0.15, 0.2) is 66.3 Å². The second-order valence-corrected chi connectivity index (χ2v) is 8.21. The summed E-state index contributed by atoms with van der Waals surface area (Å²) in [5.41, 5.74) is 2.40. The van der Waals surface area contributed by atoms with Crippen molar-refractivity contribution in [2.24, 2.45) is 0 Å². The number of piperazine rings is 1. The number of pyridine rings is 1. The van der Waals surface area contributed by atoms with Gasteiger partial charge in [-0.2, -0.15) is 0 Å². The Balaban J connectivity index is 1.19. The van der Waals surface area contributed by atoms with Crippen molar-refractivity contribution < 1.29 is 9.53 Å². The average Bonchev–Trinajstić information content (AvgIpc) is 3.30. The quantitative estimate of drug-likeness (QED) is 0.587. The Labute approximate surface area is 180 Å². The zero-order chi connectivity index (χ0) is 20.6. The number of carbonyl (C=O) groups is 1. The summed E-state index contributed by atoms with van der Waals surface area (Å²) in [6.45, 7) is 3.85. The Hall–Kier alpha value is -2.84. The molecule has 4 rings (SSSR count).